The maximum Gasteiger partial charge on any atom is 0.222 e. The fourth-order valence-electron chi connectivity index (χ4n) is 1.28. The van der Waals surface area contributed by atoms with Gasteiger partial charge in [-0.1, -0.05) is 19.1 Å². The van der Waals surface area contributed by atoms with E-state index in [1.807, 2.05) is 26.1 Å². The second-order valence-corrected chi connectivity index (χ2v) is 2.99. The van der Waals surface area contributed by atoms with Crippen molar-refractivity contribution in [3.05, 3.63) is 24.0 Å². The fourth-order valence-corrected chi connectivity index (χ4v) is 1.28. The van der Waals surface area contributed by atoms with E-state index in [1.54, 1.807) is 0 Å². The Morgan fingerprint density at radius 3 is 2.87 bits per heavy atom. The van der Waals surface area contributed by atoms with Crippen LogP contribution in [-0.4, -0.2) is 23.6 Å². The highest BCUT2D eigenvalue weighted by Gasteiger charge is 2.08. The van der Waals surface area contributed by atoms with Crippen LogP contribution in [0.3, 0.4) is 0 Å². The van der Waals surface area contributed by atoms with E-state index < -0.39 is 0 Å². The first-order valence-corrected chi connectivity index (χ1v) is 5.09. The van der Waals surface area contributed by atoms with Crippen LogP contribution in [0.25, 0.3) is 0 Å². The third-order valence-electron chi connectivity index (χ3n) is 2.05. The summed E-state index contributed by atoms with van der Waals surface area (Å²) in [6.45, 7) is 4.56. The molecule has 4 nitrogen and oxygen atoms in total. The largest absolute Gasteiger partial charge is 0.473 e. The zero-order chi connectivity index (χ0) is 11.1. The van der Waals surface area contributed by atoms with Gasteiger partial charge in [0.1, 0.15) is 18.8 Å². The number of rotatable bonds is 5. The SMILES string of the molecule is C/C=C/COc1ncnc(NC)c1CC. The molecule has 0 aliphatic rings. The lowest BCUT2D eigenvalue weighted by Gasteiger charge is -2.10. The molecule has 0 aliphatic carbocycles. The van der Waals surface area contributed by atoms with Crippen molar-refractivity contribution >= 4 is 5.82 Å². The van der Waals surface area contributed by atoms with Crippen LogP contribution in [0, 0.1) is 0 Å². The summed E-state index contributed by atoms with van der Waals surface area (Å²) in [4.78, 5) is 8.26. The first kappa shape index (κ1) is 11.5. The van der Waals surface area contributed by atoms with E-state index in [0.717, 1.165) is 17.8 Å². The number of anilines is 1. The molecular weight excluding hydrogens is 190 g/mol. The summed E-state index contributed by atoms with van der Waals surface area (Å²) in [6.07, 6.45) is 6.25. The Labute approximate surface area is 90.4 Å². The number of hydrogen-bond acceptors (Lipinski definition) is 4. The third kappa shape index (κ3) is 2.94. The average molecular weight is 207 g/mol. The molecule has 1 heterocycles. The highest BCUT2D eigenvalue weighted by molar-refractivity contribution is 5.48. The van der Waals surface area contributed by atoms with E-state index in [9.17, 15) is 0 Å². The van der Waals surface area contributed by atoms with Gasteiger partial charge in [0.05, 0.1) is 5.56 Å². The third-order valence-corrected chi connectivity index (χ3v) is 2.05. The van der Waals surface area contributed by atoms with E-state index in [1.165, 1.54) is 6.33 Å². The summed E-state index contributed by atoms with van der Waals surface area (Å²) in [5.41, 5.74) is 1.02. The van der Waals surface area contributed by atoms with E-state index in [4.69, 9.17) is 4.74 Å². The molecule has 0 amide bonds. The van der Waals surface area contributed by atoms with Gasteiger partial charge >= 0.3 is 0 Å². The Balaban J connectivity index is 2.85. The van der Waals surface area contributed by atoms with Crippen LogP contribution >= 0.6 is 0 Å². The molecule has 82 valence electrons. The molecule has 0 saturated carbocycles. The van der Waals surface area contributed by atoms with Gasteiger partial charge in [-0.2, -0.15) is 0 Å². The zero-order valence-electron chi connectivity index (χ0n) is 9.45. The molecule has 15 heavy (non-hydrogen) atoms. The van der Waals surface area contributed by atoms with Gasteiger partial charge in [0.2, 0.25) is 5.88 Å². The Morgan fingerprint density at radius 2 is 2.27 bits per heavy atom. The molecule has 4 heteroatoms. The van der Waals surface area contributed by atoms with Crippen LogP contribution in [0.5, 0.6) is 5.88 Å². The maximum absolute atomic E-state index is 5.53. The number of hydrogen-bond donors (Lipinski definition) is 1. The van der Waals surface area contributed by atoms with Crippen molar-refractivity contribution < 1.29 is 4.74 Å². The molecule has 0 aliphatic heterocycles. The molecule has 0 fully saturated rings. The van der Waals surface area contributed by atoms with Crippen LogP contribution < -0.4 is 10.1 Å². The monoisotopic (exact) mass is 207 g/mol. The van der Waals surface area contributed by atoms with Crippen LogP contribution in [0.1, 0.15) is 19.4 Å². The first-order valence-electron chi connectivity index (χ1n) is 5.09. The number of ether oxygens (including phenoxy) is 1. The first-order chi connectivity index (χ1) is 7.33. The minimum atomic E-state index is 0.545. The molecule has 1 aromatic heterocycles. The van der Waals surface area contributed by atoms with Gasteiger partial charge in [0.25, 0.3) is 0 Å². The molecule has 1 rings (SSSR count). The van der Waals surface area contributed by atoms with Gasteiger partial charge in [0, 0.05) is 7.05 Å². The molecule has 0 unspecified atom stereocenters. The molecule has 0 atom stereocenters. The Bertz CT molecular complexity index is 337. The molecule has 0 aromatic carbocycles. The van der Waals surface area contributed by atoms with Crippen LogP contribution in [0.15, 0.2) is 18.5 Å². The van der Waals surface area contributed by atoms with Gasteiger partial charge in [0.15, 0.2) is 0 Å². The molecule has 0 radical (unpaired) electrons. The second kappa shape index (κ2) is 6.01. The highest BCUT2D eigenvalue weighted by Crippen LogP contribution is 2.21. The predicted molar refractivity (Wildman–Crippen MR) is 61.3 cm³/mol. The molecule has 1 aromatic rings. The second-order valence-electron chi connectivity index (χ2n) is 2.99. The summed E-state index contributed by atoms with van der Waals surface area (Å²) in [5.74, 6) is 1.50. The van der Waals surface area contributed by atoms with Crippen LogP contribution in [0.4, 0.5) is 5.82 Å². The summed E-state index contributed by atoms with van der Waals surface area (Å²) >= 11 is 0. The molecule has 0 saturated heterocycles. The summed E-state index contributed by atoms with van der Waals surface area (Å²) in [5, 5.41) is 3.03. The van der Waals surface area contributed by atoms with Crippen molar-refractivity contribution in [3.8, 4) is 5.88 Å². The van der Waals surface area contributed by atoms with Crippen molar-refractivity contribution in [2.24, 2.45) is 0 Å². The van der Waals surface area contributed by atoms with Gasteiger partial charge in [-0.05, 0) is 13.3 Å². The molecule has 0 spiro atoms. The lowest BCUT2D eigenvalue weighted by Crippen LogP contribution is -2.05. The number of nitrogens with one attached hydrogen (secondary N) is 1. The molecular formula is C11H17N3O. The molecule has 1 N–H and O–H groups in total. The van der Waals surface area contributed by atoms with Crippen LogP contribution in [-0.2, 0) is 6.42 Å². The topological polar surface area (TPSA) is 47.0 Å². The lowest BCUT2D eigenvalue weighted by molar-refractivity contribution is 0.343. The summed E-state index contributed by atoms with van der Waals surface area (Å²) in [7, 11) is 1.84. The van der Waals surface area contributed by atoms with Crippen molar-refractivity contribution in [1.29, 1.82) is 0 Å². The van der Waals surface area contributed by atoms with Gasteiger partial charge in [-0.3, -0.25) is 0 Å². The van der Waals surface area contributed by atoms with E-state index in [-0.39, 0.29) is 0 Å². The fraction of sp³-hybridized carbons (Fsp3) is 0.455. The predicted octanol–water partition coefficient (Wildman–Crippen LogP) is 2.04. The number of allylic oxidation sites excluding steroid dienone is 1. The van der Waals surface area contributed by atoms with Crippen LogP contribution in [0.2, 0.25) is 0 Å². The normalized spacial score (nSPS) is 10.6. The Kier molecular flexibility index (Phi) is 4.60. The van der Waals surface area contributed by atoms with Crippen molar-refractivity contribution in [1.82, 2.24) is 9.97 Å². The number of aromatic nitrogens is 2. The molecule has 0 bridgehead atoms. The van der Waals surface area contributed by atoms with Crippen molar-refractivity contribution in [2.45, 2.75) is 20.3 Å². The zero-order valence-corrected chi connectivity index (χ0v) is 9.45. The van der Waals surface area contributed by atoms with E-state index in [2.05, 4.69) is 22.2 Å². The Hall–Kier alpha value is -1.58. The number of nitrogens with zero attached hydrogens (tertiary/aromatic N) is 2. The Morgan fingerprint density at radius 1 is 1.47 bits per heavy atom. The standard InChI is InChI=1S/C11H17N3O/c1-4-6-7-15-11-9(5-2)10(12-3)13-8-14-11/h4,6,8H,5,7H2,1-3H3,(H,12,13,14)/b6-4+. The minimum Gasteiger partial charge on any atom is -0.473 e. The van der Waals surface area contributed by atoms with E-state index in [0.29, 0.717) is 12.5 Å². The van der Waals surface area contributed by atoms with Gasteiger partial charge < -0.3 is 10.1 Å². The van der Waals surface area contributed by atoms with Crippen molar-refractivity contribution in [2.75, 3.05) is 19.0 Å². The summed E-state index contributed by atoms with van der Waals surface area (Å²) in [6, 6.07) is 0. The maximum atomic E-state index is 5.53. The van der Waals surface area contributed by atoms with Crippen molar-refractivity contribution in [3.63, 3.8) is 0 Å². The smallest absolute Gasteiger partial charge is 0.222 e. The average Bonchev–Trinajstić information content (AvgIpc) is 2.29. The van der Waals surface area contributed by atoms with E-state index >= 15 is 0 Å². The lowest BCUT2D eigenvalue weighted by atomic mass is 10.2. The summed E-state index contributed by atoms with van der Waals surface area (Å²) < 4.78 is 5.53. The quantitative estimate of drug-likeness (QED) is 0.750. The minimum absolute atomic E-state index is 0.545. The van der Waals surface area contributed by atoms with Gasteiger partial charge in [-0.25, -0.2) is 9.97 Å². The van der Waals surface area contributed by atoms with Gasteiger partial charge in [-0.15, -0.1) is 0 Å². The highest BCUT2D eigenvalue weighted by atomic mass is 16.5.